The maximum Gasteiger partial charge on any atom is 0.254 e. The van der Waals surface area contributed by atoms with Gasteiger partial charge in [0, 0.05) is 13.2 Å². The molecule has 0 aliphatic heterocycles. The zero-order valence-corrected chi connectivity index (χ0v) is 11.2. The van der Waals surface area contributed by atoms with Crippen LogP contribution in [-0.4, -0.2) is 36.6 Å². The maximum absolute atomic E-state index is 13.3. The summed E-state index contributed by atoms with van der Waals surface area (Å²) in [4.78, 5) is 23.1. The van der Waals surface area contributed by atoms with Crippen LogP contribution in [0.25, 0.3) is 0 Å². The summed E-state index contributed by atoms with van der Waals surface area (Å²) in [6.45, 7) is 0.453. The van der Waals surface area contributed by atoms with E-state index in [1.165, 1.54) is 18.2 Å². The number of aliphatic hydroxyl groups excluding tert-OH is 1. The van der Waals surface area contributed by atoms with Crippen molar-refractivity contribution in [3.8, 4) is 0 Å². The Balaban J connectivity index is 2.24. The third-order valence-electron chi connectivity index (χ3n) is 2.69. The lowest BCUT2D eigenvalue weighted by molar-refractivity contribution is -0.120. The molecule has 0 bridgehead atoms. The molecule has 1 aromatic carbocycles. The van der Waals surface area contributed by atoms with Crippen LogP contribution in [0.3, 0.4) is 0 Å². The van der Waals surface area contributed by atoms with Gasteiger partial charge in [-0.15, -0.1) is 0 Å². The van der Waals surface area contributed by atoms with E-state index in [0.29, 0.717) is 13.0 Å². The second-order valence-corrected chi connectivity index (χ2v) is 4.30. The van der Waals surface area contributed by atoms with Crippen LogP contribution in [0.2, 0.25) is 0 Å². The third kappa shape index (κ3) is 5.79. The van der Waals surface area contributed by atoms with Crippen molar-refractivity contribution >= 4 is 11.8 Å². The number of benzene rings is 1. The molecule has 1 rings (SSSR count). The predicted octanol–water partition coefficient (Wildman–Crippen LogP) is 0.834. The van der Waals surface area contributed by atoms with Crippen LogP contribution in [0, 0.1) is 5.82 Å². The van der Waals surface area contributed by atoms with Crippen LogP contribution in [0.4, 0.5) is 4.39 Å². The van der Waals surface area contributed by atoms with Crippen molar-refractivity contribution in [3.63, 3.8) is 0 Å². The molecule has 3 N–H and O–H groups in total. The van der Waals surface area contributed by atoms with Gasteiger partial charge in [0.2, 0.25) is 5.91 Å². The Kier molecular flexibility index (Phi) is 7.27. The van der Waals surface area contributed by atoms with Gasteiger partial charge in [-0.1, -0.05) is 12.1 Å². The van der Waals surface area contributed by atoms with Crippen LogP contribution in [-0.2, 0) is 4.79 Å². The summed E-state index contributed by atoms with van der Waals surface area (Å²) in [5, 5.41) is 13.6. The van der Waals surface area contributed by atoms with Crippen LogP contribution in [0.1, 0.15) is 29.6 Å². The minimum atomic E-state index is -0.616. The maximum atomic E-state index is 13.3. The molecule has 0 aliphatic rings. The fraction of sp³-hybridized carbons (Fsp3) is 0.429. The Bertz CT molecular complexity index is 452. The lowest BCUT2D eigenvalue weighted by atomic mass is 10.2. The highest BCUT2D eigenvalue weighted by Crippen LogP contribution is 2.05. The summed E-state index contributed by atoms with van der Waals surface area (Å²) in [5.74, 6) is -1.55. The molecule has 20 heavy (non-hydrogen) atoms. The molecule has 6 heteroatoms. The van der Waals surface area contributed by atoms with Crippen molar-refractivity contribution < 1.29 is 19.1 Å². The quantitative estimate of drug-likeness (QED) is 0.618. The van der Waals surface area contributed by atoms with E-state index in [0.717, 1.165) is 12.8 Å². The second kappa shape index (κ2) is 9.03. The van der Waals surface area contributed by atoms with Crippen molar-refractivity contribution in [2.24, 2.45) is 0 Å². The first-order valence-corrected chi connectivity index (χ1v) is 6.55. The zero-order chi connectivity index (χ0) is 14.8. The molecule has 0 aromatic heterocycles. The number of carbonyl (C=O) groups excluding carboxylic acids is 2. The van der Waals surface area contributed by atoms with Gasteiger partial charge in [-0.25, -0.2) is 4.39 Å². The molecular formula is C14H19FN2O3. The van der Waals surface area contributed by atoms with E-state index in [2.05, 4.69) is 10.6 Å². The van der Waals surface area contributed by atoms with Crippen molar-refractivity contribution in [2.75, 3.05) is 19.7 Å². The Morgan fingerprint density at radius 2 is 1.85 bits per heavy atom. The highest BCUT2D eigenvalue weighted by molar-refractivity contribution is 5.96. The van der Waals surface area contributed by atoms with Crippen LogP contribution >= 0.6 is 0 Å². The second-order valence-electron chi connectivity index (χ2n) is 4.30. The van der Waals surface area contributed by atoms with E-state index in [1.54, 1.807) is 6.07 Å². The molecule has 0 aliphatic carbocycles. The summed E-state index contributed by atoms with van der Waals surface area (Å²) in [6.07, 6.45) is 2.31. The number of carbonyl (C=O) groups is 2. The molecule has 0 radical (unpaired) electrons. The first-order chi connectivity index (χ1) is 9.65. The zero-order valence-electron chi connectivity index (χ0n) is 11.2. The number of hydrogen-bond donors (Lipinski definition) is 3. The smallest absolute Gasteiger partial charge is 0.254 e. The van der Waals surface area contributed by atoms with Crippen molar-refractivity contribution in [3.05, 3.63) is 35.6 Å². The molecule has 5 nitrogen and oxygen atoms in total. The fourth-order valence-electron chi connectivity index (χ4n) is 1.61. The first-order valence-electron chi connectivity index (χ1n) is 6.55. The van der Waals surface area contributed by atoms with E-state index in [9.17, 15) is 14.0 Å². The number of halogens is 1. The molecule has 0 spiro atoms. The normalized spacial score (nSPS) is 10.1. The molecule has 2 amide bonds. The van der Waals surface area contributed by atoms with Gasteiger partial charge in [-0.3, -0.25) is 9.59 Å². The predicted molar refractivity (Wildman–Crippen MR) is 72.7 cm³/mol. The standard InChI is InChI=1S/C14H19FN2O3/c15-12-7-3-2-6-11(12)14(20)17-10-13(19)16-8-4-1-5-9-18/h2-3,6-7,18H,1,4-5,8-10H2,(H,16,19)(H,17,20). The van der Waals surface area contributed by atoms with E-state index < -0.39 is 11.7 Å². The minimum Gasteiger partial charge on any atom is -0.396 e. The lowest BCUT2D eigenvalue weighted by Crippen LogP contribution is -2.37. The van der Waals surface area contributed by atoms with Gasteiger partial charge in [-0.2, -0.15) is 0 Å². The number of hydrogen-bond acceptors (Lipinski definition) is 3. The van der Waals surface area contributed by atoms with Gasteiger partial charge in [0.05, 0.1) is 12.1 Å². The Labute approximate surface area is 117 Å². The van der Waals surface area contributed by atoms with Gasteiger partial charge in [0.25, 0.3) is 5.91 Å². The molecule has 0 fully saturated rings. The highest BCUT2D eigenvalue weighted by atomic mass is 19.1. The van der Waals surface area contributed by atoms with Gasteiger partial charge in [0.1, 0.15) is 5.82 Å². The monoisotopic (exact) mass is 282 g/mol. The summed E-state index contributed by atoms with van der Waals surface area (Å²) >= 11 is 0. The van der Waals surface area contributed by atoms with E-state index in [-0.39, 0.29) is 24.6 Å². The van der Waals surface area contributed by atoms with E-state index >= 15 is 0 Å². The number of nitrogens with one attached hydrogen (secondary N) is 2. The summed E-state index contributed by atoms with van der Waals surface area (Å²) in [7, 11) is 0. The average molecular weight is 282 g/mol. The van der Waals surface area contributed by atoms with Gasteiger partial charge < -0.3 is 15.7 Å². The van der Waals surface area contributed by atoms with E-state index in [1.807, 2.05) is 0 Å². The summed E-state index contributed by atoms with van der Waals surface area (Å²) < 4.78 is 13.3. The summed E-state index contributed by atoms with van der Waals surface area (Å²) in [5.41, 5.74) is -0.0803. The first kappa shape index (κ1) is 16.1. The SMILES string of the molecule is O=C(CNC(=O)c1ccccc1F)NCCCCCO. The fourth-order valence-corrected chi connectivity index (χ4v) is 1.61. The number of aliphatic hydroxyl groups is 1. The Morgan fingerprint density at radius 3 is 2.55 bits per heavy atom. The molecule has 0 atom stereocenters. The molecule has 0 saturated carbocycles. The van der Waals surface area contributed by atoms with Gasteiger partial charge in [-0.05, 0) is 31.4 Å². The largest absolute Gasteiger partial charge is 0.396 e. The molecule has 0 saturated heterocycles. The average Bonchev–Trinajstić information content (AvgIpc) is 2.45. The highest BCUT2D eigenvalue weighted by Gasteiger charge is 2.11. The van der Waals surface area contributed by atoms with Crippen LogP contribution in [0.5, 0.6) is 0 Å². The van der Waals surface area contributed by atoms with Gasteiger partial charge >= 0.3 is 0 Å². The summed E-state index contributed by atoms with van der Waals surface area (Å²) in [6, 6.07) is 5.60. The Hall–Kier alpha value is -1.95. The van der Waals surface area contributed by atoms with Crippen molar-refractivity contribution in [1.29, 1.82) is 0 Å². The molecule has 110 valence electrons. The molecule has 0 heterocycles. The van der Waals surface area contributed by atoms with Gasteiger partial charge in [0.15, 0.2) is 0 Å². The van der Waals surface area contributed by atoms with Crippen LogP contribution < -0.4 is 10.6 Å². The molecule has 0 unspecified atom stereocenters. The number of unbranched alkanes of at least 4 members (excludes halogenated alkanes) is 2. The van der Waals surface area contributed by atoms with Crippen molar-refractivity contribution in [2.45, 2.75) is 19.3 Å². The minimum absolute atomic E-state index is 0.0803. The van der Waals surface area contributed by atoms with Crippen LogP contribution in [0.15, 0.2) is 24.3 Å². The topological polar surface area (TPSA) is 78.4 Å². The third-order valence-corrected chi connectivity index (χ3v) is 2.69. The van der Waals surface area contributed by atoms with Crippen molar-refractivity contribution in [1.82, 2.24) is 10.6 Å². The Morgan fingerprint density at radius 1 is 1.10 bits per heavy atom. The molecule has 1 aromatic rings. The van der Waals surface area contributed by atoms with E-state index in [4.69, 9.17) is 5.11 Å². The lowest BCUT2D eigenvalue weighted by Gasteiger charge is -2.07. The number of amides is 2. The molecular weight excluding hydrogens is 263 g/mol. The number of rotatable bonds is 8.